The monoisotopic (exact) mass is 219 g/mol. The zero-order valence-corrected chi connectivity index (χ0v) is 8.91. The molecule has 0 aliphatic carbocycles. The summed E-state index contributed by atoms with van der Waals surface area (Å²) in [7, 11) is 1.49. The van der Waals surface area contributed by atoms with Gasteiger partial charge in [0.1, 0.15) is 5.69 Å². The van der Waals surface area contributed by atoms with Gasteiger partial charge in [0, 0.05) is 16.5 Å². The first-order valence-electron chi connectivity index (χ1n) is 4.31. The first kappa shape index (κ1) is 9.79. The predicted octanol–water partition coefficient (Wildman–Crippen LogP) is 2.18. The van der Waals surface area contributed by atoms with Crippen LogP contribution >= 0.6 is 11.5 Å². The molecule has 1 aromatic heterocycles. The van der Waals surface area contributed by atoms with Crippen LogP contribution in [0.1, 0.15) is 5.56 Å². The third kappa shape index (κ3) is 2.02. The van der Waals surface area contributed by atoms with Crippen molar-refractivity contribution in [1.82, 2.24) is 9.59 Å². The standard InChI is InChI=1S/C10H9N3OS/c1-14-10(11)8-4-2-7(3-5-8)9-6-15-13-12-9/h2-6,11H,1H3. The Bertz CT molecular complexity index is 450. The van der Waals surface area contributed by atoms with Crippen LogP contribution in [0.25, 0.3) is 11.3 Å². The number of hydrogen-bond donors (Lipinski definition) is 1. The van der Waals surface area contributed by atoms with E-state index in [4.69, 9.17) is 10.1 Å². The van der Waals surface area contributed by atoms with Gasteiger partial charge in [-0.1, -0.05) is 16.6 Å². The van der Waals surface area contributed by atoms with Crippen molar-refractivity contribution in [2.75, 3.05) is 7.11 Å². The summed E-state index contributed by atoms with van der Waals surface area (Å²) < 4.78 is 8.62. The molecule has 0 unspecified atom stereocenters. The van der Waals surface area contributed by atoms with Gasteiger partial charge in [0.15, 0.2) is 0 Å². The van der Waals surface area contributed by atoms with Gasteiger partial charge in [0.25, 0.3) is 0 Å². The molecule has 0 atom stereocenters. The van der Waals surface area contributed by atoms with Gasteiger partial charge in [-0.15, -0.1) is 5.10 Å². The fourth-order valence-corrected chi connectivity index (χ4v) is 1.67. The Labute approximate surface area is 91.2 Å². The van der Waals surface area contributed by atoms with Gasteiger partial charge in [-0.25, -0.2) is 0 Å². The number of nitrogens with zero attached hydrogens (tertiary/aromatic N) is 2. The van der Waals surface area contributed by atoms with E-state index in [1.54, 1.807) is 0 Å². The average molecular weight is 219 g/mol. The molecule has 0 aliphatic heterocycles. The molecule has 1 heterocycles. The van der Waals surface area contributed by atoms with E-state index in [9.17, 15) is 0 Å². The predicted molar refractivity (Wildman–Crippen MR) is 59.2 cm³/mol. The van der Waals surface area contributed by atoms with Crippen molar-refractivity contribution in [3.63, 3.8) is 0 Å². The maximum absolute atomic E-state index is 7.48. The van der Waals surface area contributed by atoms with E-state index in [1.807, 2.05) is 29.6 Å². The lowest BCUT2D eigenvalue weighted by molar-refractivity contribution is 0.401. The number of ether oxygens (including phenoxy) is 1. The summed E-state index contributed by atoms with van der Waals surface area (Å²) in [6, 6.07) is 7.47. The Morgan fingerprint density at radius 3 is 2.60 bits per heavy atom. The molecule has 0 spiro atoms. The molecular formula is C10H9N3OS. The summed E-state index contributed by atoms with van der Waals surface area (Å²) in [5.74, 6) is 0.165. The number of methoxy groups -OCH3 is 1. The summed E-state index contributed by atoms with van der Waals surface area (Å²) in [6.07, 6.45) is 0. The minimum Gasteiger partial charge on any atom is -0.481 e. The van der Waals surface area contributed by atoms with Crippen LogP contribution in [0.4, 0.5) is 0 Å². The van der Waals surface area contributed by atoms with E-state index >= 15 is 0 Å². The van der Waals surface area contributed by atoms with E-state index in [2.05, 4.69) is 9.59 Å². The van der Waals surface area contributed by atoms with Gasteiger partial charge in [-0.2, -0.15) is 0 Å². The Morgan fingerprint density at radius 1 is 1.33 bits per heavy atom. The third-order valence-electron chi connectivity index (χ3n) is 2.01. The zero-order chi connectivity index (χ0) is 10.7. The SMILES string of the molecule is COC(=N)c1ccc(-c2csnn2)cc1. The van der Waals surface area contributed by atoms with Crippen molar-refractivity contribution in [2.45, 2.75) is 0 Å². The number of hydrogen-bond acceptors (Lipinski definition) is 5. The van der Waals surface area contributed by atoms with Gasteiger partial charge in [-0.05, 0) is 23.7 Å². The second-order valence-electron chi connectivity index (χ2n) is 2.90. The highest BCUT2D eigenvalue weighted by atomic mass is 32.1. The van der Waals surface area contributed by atoms with Crippen molar-refractivity contribution >= 4 is 17.4 Å². The molecule has 0 aliphatic rings. The van der Waals surface area contributed by atoms with E-state index in [0.717, 1.165) is 16.8 Å². The molecule has 2 rings (SSSR count). The highest BCUT2D eigenvalue weighted by Gasteiger charge is 2.03. The molecule has 1 aromatic carbocycles. The highest BCUT2D eigenvalue weighted by Crippen LogP contribution is 2.18. The number of benzene rings is 1. The third-order valence-corrected chi connectivity index (χ3v) is 2.51. The van der Waals surface area contributed by atoms with Crippen molar-refractivity contribution in [1.29, 1.82) is 5.41 Å². The first-order valence-corrected chi connectivity index (χ1v) is 5.15. The summed E-state index contributed by atoms with van der Waals surface area (Å²) in [4.78, 5) is 0. The highest BCUT2D eigenvalue weighted by molar-refractivity contribution is 7.03. The van der Waals surface area contributed by atoms with Crippen LogP contribution in [0.5, 0.6) is 0 Å². The van der Waals surface area contributed by atoms with Crippen LogP contribution < -0.4 is 0 Å². The van der Waals surface area contributed by atoms with E-state index in [0.29, 0.717) is 0 Å². The Hall–Kier alpha value is -1.75. The van der Waals surface area contributed by atoms with Crippen LogP contribution in [0.2, 0.25) is 0 Å². The molecule has 0 fully saturated rings. The van der Waals surface area contributed by atoms with Gasteiger partial charge in [0.2, 0.25) is 5.90 Å². The summed E-state index contributed by atoms with van der Waals surface area (Å²) in [5, 5.41) is 13.3. The minimum atomic E-state index is 0.165. The minimum absolute atomic E-state index is 0.165. The van der Waals surface area contributed by atoms with Crippen LogP contribution in [0.3, 0.4) is 0 Å². The first-order chi connectivity index (χ1) is 7.31. The molecule has 0 amide bonds. The molecule has 0 saturated heterocycles. The van der Waals surface area contributed by atoms with Gasteiger partial charge in [0.05, 0.1) is 7.11 Å². The van der Waals surface area contributed by atoms with Crippen molar-refractivity contribution in [3.8, 4) is 11.3 Å². The smallest absolute Gasteiger partial charge is 0.212 e. The van der Waals surface area contributed by atoms with Crippen molar-refractivity contribution in [3.05, 3.63) is 35.2 Å². The normalized spacial score (nSPS) is 9.93. The van der Waals surface area contributed by atoms with Gasteiger partial charge in [-0.3, -0.25) is 5.41 Å². The molecular weight excluding hydrogens is 210 g/mol. The van der Waals surface area contributed by atoms with E-state index in [-0.39, 0.29) is 5.90 Å². The Morgan fingerprint density at radius 2 is 2.07 bits per heavy atom. The second kappa shape index (κ2) is 4.18. The molecule has 0 radical (unpaired) electrons. The van der Waals surface area contributed by atoms with Crippen LogP contribution in [0, 0.1) is 5.41 Å². The molecule has 5 heteroatoms. The summed E-state index contributed by atoms with van der Waals surface area (Å²) in [5.41, 5.74) is 2.61. The van der Waals surface area contributed by atoms with Crippen LogP contribution in [0.15, 0.2) is 29.6 Å². The average Bonchev–Trinajstić information content (AvgIpc) is 2.82. The van der Waals surface area contributed by atoms with Gasteiger partial charge >= 0.3 is 0 Å². The largest absolute Gasteiger partial charge is 0.481 e. The fraction of sp³-hybridized carbons (Fsp3) is 0.100. The molecule has 2 aromatic rings. The van der Waals surface area contributed by atoms with Crippen LogP contribution in [-0.2, 0) is 4.74 Å². The second-order valence-corrected chi connectivity index (χ2v) is 3.51. The lowest BCUT2D eigenvalue weighted by Crippen LogP contribution is -2.00. The molecule has 0 saturated carbocycles. The quantitative estimate of drug-likeness (QED) is 0.622. The Kier molecular flexibility index (Phi) is 2.73. The van der Waals surface area contributed by atoms with Crippen molar-refractivity contribution in [2.24, 2.45) is 0 Å². The molecule has 4 nitrogen and oxygen atoms in total. The van der Waals surface area contributed by atoms with Crippen LogP contribution in [-0.4, -0.2) is 22.6 Å². The summed E-state index contributed by atoms with van der Waals surface area (Å²) in [6.45, 7) is 0. The van der Waals surface area contributed by atoms with Crippen molar-refractivity contribution < 1.29 is 4.74 Å². The lowest BCUT2D eigenvalue weighted by atomic mass is 10.1. The zero-order valence-electron chi connectivity index (χ0n) is 8.10. The number of rotatable bonds is 2. The van der Waals surface area contributed by atoms with E-state index in [1.165, 1.54) is 18.6 Å². The topological polar surface area (TPSA) is 58.9 Å². The number of nitrogens with one attached hydrogen (secondary N) is 1. The Balaban J connectivity index is 2.29. The number of aromatic nitrogens is 2. The maximum atomic E-state index is 7.48. The lowest BCUT2D eigenvalue weighted by Gasteiger charge is -2.02. The van der Waals surface area contributed by atoms with Gasteiger partial charge < -0.3 is 4.74 Å². The molecule has 15 heavy (non-hydrogen) atoms. The molecule has 76 valence electrons. The maximum Gasteiger partial charge on any atom is 0.212 e. The molecule has 1 N–H and O–H groups in total. The van der Waals surface area contributed by atoms with E-state index < -0.39 is 0 Å². The fourth-order valence-electron chi connectivity index (χ4n) is 1.20. The molecule has 0 bridgehead atoms. The summed E-state index contributed by atoms with van der Waals surface area (Å²) >= 11 is 1.32.